The molecule has 1 saturated heterocycles. The van der Waals surface area contributed by atoms with Gasteiger partial charge in [0.05, 0.1) is 15.2 Å². The van der Waals surface area contributed by atoms with Crippen LogP contribution in [-0.2, 0) is 6.54 Å². The van der Waals surface area contributed by atoms with Crippen LogP contribution in [0.4, 0.5) is 4.79 Å². The molecule has 0 unspecified atom stereocenters. The highest BCUT2D eigenvalue weighted by Crippen LogP contribution is 2.34. The first-order valence-corrected chi connectivity index (χ1v) is 11.6. The van der Waals surface area contributed by atoms with E-state index in [0.29, 0.717) is 18.0 Å². The van der Waals surface area contributed by atoms with Gasteiger partial charge in [0.25, 0.3) is 5.91 Å². The van der Waals surface area contributed by atoms with Crippen LogP contribution in [0, 0.1) is 0 Å². The van der Waals surface area contributed by atoms with Crippen molar-refractivity contribution in [1.82, 2.24) is 20.5 Å². The summed E-state index contributed by atoms with van der Waals surface area (Å²) >= 11 is 1.77. The number of fused-ring (bicyclic) bond motifs is 1. The van der Waals surface area contributed by atoms with E-state index in [4.69, 9.17) is 4.98 Å². The lowest BCUT2D eigenvalue weighted by Crippen LogP contribution is -2.39. The largest absolute Gasteiger partial charge is 0.339 e. The minimum absolute atomic E-state index is 0.0693. The topological polar surface area (TPSA) is 74.3 Å². The van der Waals surface area contributed by atoms with Crippen molar-refractivity contribution in [1.29, 1.82) is 0 Å². The van der Waals surface area contributed by atoms with Gasteiger partial charge in [0.2, 0.25) is 0 Å². The van der Waals surface area contributed by atoms with Crippen molar-refractivity contribution in [3.63, 3.8) is 0 Å². The number of piperidine rings is 1. The SMILES string of the molecule is CC(C)NC(=O)NCc1ccc(C(=O)N2CCC(c3nc4ccccc4s3)CC2)cc1. The van der Waals surface area contributed by atoms with Gasteiger partial charge in [-0.1, -0.05) is 24.3 Å². The summed E-state index contributed by atoms with van der Waals surface area (Å²) in [6, 6.07) is 15.6. The Balaban J connectivity index is 1.30. The Labute approximate surface area is 186 Å². The number of amides is 3. The third-order valence-corrected chi connectivity index (χ3v) is 6.71. The predicted octanol–water partition coefficient (Wildman–Crippen LogP) is 4.52. The number of hydrogen-bond acceptors (Lipinski definition) is 4. The maximum absolute atomic E-state index is 12.9. The number of rotatable bonds is 5. The average molecular weight is 437 g/mol. The minimum Gasteiger partial charge on any atom is -0.339 e. The highest BCUT2D eigenvalue weighted by molar-refractivity contribution is 7.18. The Kier molecular flexibility index (Phi) is 6.51. The maximum atomic E-state index is 12.9. The molecule has 7 heteroatoms. The number of nitrogens with zero attached hydrogens (tertiary/aromatic N) is 2. The third-order valence-electron chi connectivity index (χ3n) is 5.52. The lowest BCUT2D eigenvalue weighted by Gasteiger charge is -2.31. The Hall–Kier alpha value is -2.93. The summed E-state index contributed by atoms with van der Waals surface area (Å²) in [5.74, 6) is 0.492. The van der Waals surface area contributed by atoms with E-state index in [1.165, 1.54) is 9.71 Å². The molecule has 0 radical (unpaired) electrons. The van der Waals surface area contributed by atoms with Gasteiger partial charge in [-0.15, -0.1) is 11.3 Å². The summed E-state index contributed by atoms with van der Waals surface area (Å²) in [6.07, 6.45) is 1.89. The highest BCUT2D eigenvalue weighted by atomic mass is 32.1. The summed E-state index contributed by atoms with van der Waals surface area (Å²) in [7, 11) is 0. The Morgan fingerprint density at radius 1 is 1.10 bits per heavy atom. The van der Waals surface area contributed by atoms with E-state index < -0.39 is 0 Å². The zero-order valence-corrected chi connectivity index (χ0v) is 18.7. The molecule has 2 aromatic carbocycles. The van der Waals surface area contributed by atoms with E-state index in [9.17, 15) is 9.59 Å². The number of carbonyl (C=O) groups excluding carboxylic acids is 2. The fourth-order valence-electron chi connectivity index (χ4n) is 3.84. The molecular formula is C24H28N4O2S. The number of nitrogens with one attached hydrogen (secondary N) is 2. The molecule has 162 valence electrons. The number of thiazole rings is 1. The van der Waals surface area contributed by atoms with Crippen molar-refractivity contribution < 1.29 is 9.59 Å². The molecule has 3 amide bonds. The molecule has 0 spiro atoms. The van der Waals surface area contributed by atoms with E-state index in [2.05, 4.69) is 22.8 Å². The minimum atomic E-state index is -0.189. The quantitative estimate of drug-likeness (QED) is 0.617. The van der Waals surface area contributed by atoms with Crippen LogP contribution >= 0.6 is 11.3 Å². The van der Waals surface area contributed by atoms with Gasteiger partial charge >= 0.3 is 6.03 Å². The second-order valence-electron chi connectivity index (χ2n) is 8.26. The van der Waals surface area contributed by atoms with Crippen LogP contribution in [0.2, 0.25) is 0 Å². The van der Waals surface area contributed by atoms with Crippen LogP contribution in [0.1, 0.15) is 53.5 Å². The van der Waals surface area contributed by atoms with Gasteiger partial charge < -0.3 is 15.5 Å². The second-order valence-corrected chi connectivity index (χ2v) is 9.33. The van der Waals surface area contributed by atoms with Crippen LogP contribution in [0.15, 0.2) is 48.5 Å². The highest BCUT2D eigenvalue weighted by Gasteiger charge is 2.26. The molecule has 0 atom stereocenters. The molecule has 1 aliphatic rings. The molecule has 31 heavy (non-hydrogen) atoms. The number of benzene rings is 2. The van der Waals surface area contributed by atoms with Gasteiger partial charge in [0.15, 0.2) is 0 Å². The van der Waals surface area contributed by atoms with Crippen molar-refractivity contribution in [2.24, 2.45) is 0 Å². The van der Waals surface area contributed by atoms with Crippen molar-refractivity contribution in [3.8, 4) is 0 Å². The third kappa shape index (κ3) is 5.22. The monoisotopic (exact) mass is 436 g/mol. The smallest absolute Gasteiger partial charge is 0.315 e. The van der Waals surface area contributed by atoms with Gasteiger partial charge in [0, 0.05) is 37.2 Å². The lowest BCUT2D eigenvalue weighted by molar-refractivity contribution is 0.0713. The molecule has 2 heterocycles. The molecule has 3 aromatic rings. The molecule has 4 rings (SSSR count). The molecule has 6 nitrogen and oxygen atoms in total. The number of hydrogen-bond donors (Lipinski definition) is 2. The van der Waals surface area contributed by atoms with E-state index in [1.54, 1.807) is 11.3 Å². The number of likely N-dealkylation sites (tertiary alicyclic amines) is 1. The van der Waals surface area contributed by atoms with E-state index in [0.717, 1.165) is 37.0 Å². The molecule has 0 saturated carbocycles. The standard InChI is InChI=1S/C24H28N4O2S/c1-16(2)26-24(30)25-15-17-7-9-19(10-8-17)23(29)28-13-11-18(12-14-28)22-27-20-5-3-4-6-21(20)31-22/h3-10,16,18H,11-15H2,1-2H3,(H2,25,26,30). The summed E-state index contributed by atoms with van der Waals surface area (Å²) in [6.45, 7) is 5.76. The van der Waals surface area contributed by atoms with Crippen molar-refractivity contribution in [2.45, 2.75) is 45.2 Å². The molecule has 2 N–H and O–H groups in total. The number of urea groups is 1. The molecular weight excluding hydrogens is 408 g/mol. The summed E-state index contributed by atoms with van der Waals surface area (Å²) in [5, 5.41) is 6.80. The molecule has 0 aliphatic carbocycles. The van der Waals surface area contributed by atoms with Crippen LogP contribution in [-0.4, -0.2) is 41.0 Å². The van der Waals surface area contributed by atoms with Crippen molar-refractivity contribution in [3.05, 3.63) is 64.7 Å². The van der Waals surface area contributed by atoms with Crippen molar-refractivity contribution >= 4 is 33.5 Å². The van der Waals surface area contributed by atoms with Crippen LogP contribution in [0.5, 0.6) is 0 Å². The number of aromatic nitrogens is 1. The summed E-state index contributed by atoms with van der Waals surface area (Å²) in [5.41, 5.74) is 2.72. The first-order valence-electron chi connectivity index (χ1n) is 10.8. The lowest BCUT2D eigenvalue weighted by atomic mass is 9.97. The van der Waals surface area contributed by atoms with Crippen LogP contribution < -0.4 is 10.6 Å². The first kappa shape index (κ1) is 21.3. The zero-order chi connectivity index (χ0) is 21.8. The molecule has 1 aromatic heterocycles. The van der Waals surface area contributed by atoms with Gasteiger partial charge in [-0.05, 0) is 56.5 Å². The second kappa shape index (κ2) is 9.47. The van der Waals surface area contributed by atoms with Gasteiger partial charge in [0.1, 0.15) is 0 Å². The Morgan fingerprint density at radius 3 is 2.48 bits per heavy atom. The van der Waals surface area contributed by atoms with E-state index >= 15 is 0 Å². The van der Waals surface area contributed by atoms with Gasteiger partial charge in [-0.2, -0.15) is 0 Å². The number of carbonyl (C=O) groups is 2. The predicted molar refractivity (Wildman–Crippen MR) is 124 cm³/mol. The maximum Gasteiger partial charge on any atom is 0.315 e. The Morgan fingerprint density at radius 2 is 1.81 bits per heavy atom. The van der Waals surface area contributed by atoms with Crippen LogP contribution in [0.3, 0.4) is 0 Å². The fourth-order valence-corrected chi connectivity index (χ4v) is 4.97. The van der Waals surface area contributed by atoms with Gasteiger partial charge in [-0.3, -0.25) is 4.79 Å². The van der Waals surface area contributed by atoms with E-state index in [1.807, 2.05) is 55.1 Å². The van der Waals surface area contributed by atoms with E-state index in [-0.39, 0.29) is 18.0 Å². The average Bonchev–Trinajstić information content (AvgIpc) is 3.22. The zero-order valence-electron chi connectivity index (χ0n) is 17.9. The van der Waals surface area contributed by atoms with Gasteiger partial charge in [-0.25, -0.2) is 9.78 Å². The normalized spacial score (nSPS) is 14.7. The van der Waals surface area contributed by atoms with Crippen LogP contribution in [0.25, 0.3) is 10.2 Å². The summed E-state index contributed by atoms with van der Waals surface area (Å²) in [4.78, 5) is 31.4. The first-order chi connectivity index (χ1) is 15.0. The summed E-state index contributed by atoms with van der Waals surface area (Å²) < 4.78 is 1.23. The molecule has 1 aliphatic heterocycles. The fraction of sp³-hybridized carbons (Fsp3) is 0.375. The number of para-hydroxylation sites is 1. The Bertz CT molecular complexity index is 1020. The molecule has 0 bridgehead atoms. The molecule has 1 fully saturated rings. The van der Waals surface area contributed by atoms with Crippen molar-refractivity contribution in [2.75, 3.05) is 13.1 Å².